The molecule has 3 aliphatic carbocycles. The second-order valence-electron chi connectivity index (χ2n) is 10.8. The van der Waals surface area contributed by atoms with E-state index in [0.717, 1.165) is 11.1 Å². The lowest BCUT2D eigenvalue weighted by molar-refractivity contribution is -0.140. The molecule has 2 aromatic carbocycles. The van der Waals surface area contributed by atoms with E-state index in [2.05, 4.69) is 47.8 Å². The number of aromatic hydroxyl groups is 2. The summed E-state index contributed by atoms with van der Waals surface area (Å²) < 4.78 is 6.37. The lowest BCUT2D eigenvalue weighted by Crippen LogP contribution is -2.40. The Bertz CT molecular complexity index is 1670. The van der Waals surface area contributed by atoms with Crippen molar-refractivity contribution in [3.63, 3.8) is 0 Å². The molecule has 4 atom stereocenters. The van der Waals surface area contributed by atoms with Crippen LogP contribution in [0.5, 0.6) is 17.2 Å². The number of nitrogens with zero attached hydrogens (tertiary/aromatic N) is 1. The fourth-order valence-corrected chi connectivity index (χ4v) is 8.13. The van der Waals surface area contributed by atoms with E-state index < -0.39 is 23.7 Å². The minimum Gasteiger partial charge on any atom is -0.508 e. The molecular weight excluding hydrogens is 738 g/mol. The molecule has 0 radical (unpaired) electrons. The molecule has 1 saturated heterocycles. The fraction of sp³-hybridized carbons (Fsp3) is 0.290. The van der Waals surface area contributed by atoms with Gasteiger partial charge in [-0.05, 0) is 102 Å². The normalized spacial score (nSPS) is 25.2. The molecule has 0 aromatic heterocycles. The molecule has 11 heteroatoms. The number of phenolic OH excluding ortho intramolecular Hbond substituents is 2. The SMILES string of the molecule is COc1cc([C@H]2C3=CC[C@@H]4C(=O)N(CCc5ccc(O)cc5)C(=O)[C@@H]4[C@@H]3CC3=C2C(=O)C=C(Br)C3=O)c(Br)c(Br)c1O. The Kier molecular flexibility index (Phi) is 7.55. The maximum absolute atomic E-state index is 13.9. The van der Waals surface area contributed by atoms with E-state index in [1.54, 1.807) is 30.3 Å². The third-order valence-electron chi connectivity index (χ3n) is 8.69. The summed E-state index contributed by atoms with van der Waals surface area (Å²) in [5.74, 6) is -3.40. The van der Waals surface area contributed by atoms with Crippen LogP contribution in [0.4, 0.5) is 0 Å². The van der Waals surface area contributed by atoms with Gasteiger partial charge in [-0.2, -0.15) is 0 Å². The molecule has 8 nitrogen and oxygen atoms in total. The van der Waals surface area contributed by atoms with Crippen molar-refractivity contribution in [1.82, 2.24) is 4.90 Å². The lowest BCUT2D eigenvalue weighted by Gasteiger charge is -2.42. The number of carbonyl (C=O) groups excluding carboxylic acids is 4. The monoisotopic (exact) mass is 759 g/mol. The number of hydrogen-bond donors (Lipinski definition) is 2. The van der Waals surface area contributed by atoms with Gasteiger partial charge in [0.2, 0.25) is 11.8 Å². The first-order valence-corrected chi connectivity index (χ1v) is 15.7. The number of rotatable bonds is 5. The zero-order valence-electron chi connectivity index (χ0n) is 22.2. The number of carbonyl (C=O) groups is 4. The molecule has 0 saturated carbocycles. The molecule has 216 valence electrons. The number of ether oxygens (including phenoxy) is 1. The van der Waals surface area contributed by atoms with E-state index in [1.807, 2.05) is 6.08 Å². The standard InChI is InChI=1S/C31H24Br3NO7/c1-42-22-11-18(26(33)27(34)29(22)39)23-15-6-7-16-24(17(15)10-19-25(23)21(37)12-20(32)28(19)38)31(41)35(30(16)40)9-8-13-2-4-14(36)5-3-13/h2-6,11-12,16-17,23-24,36,39H,7-10H2,1H3/t16-,17+,23+,24-/m0/s1. The molecule has 4 aliphatic rings. The van der Waals surface area contributed by atoms with Crippen molar-refractivity contribution < 1.29 is 34.1 Å². The summed E-state index contributed by atoms with van der Waals surface area (Å²) in [4.78, 5) is 55.8. The van der Waals surface area contributed by atoms with Crippen molar-refractivity contribution in [3.8, 4) is 17.2 Å². The van der Waals surface area contributed by atoms with Gasteiger partial charge in [0.1, 0.15) is 5.75 Å². The van der Waals surface area contributed by atoms with E-state index in [9.17, 15) is 29.4 Å². The zero-order chi connectivity index (χ0) is 30.0. The molecule has 0 bridgehead atoms. The molecule has 2 aromatic rings. The Morgan fingerprint density at radius 3 is 2.38 bits per heavy atom. The Morgan fingerprint density at radius 2 is 1.69 bits per heavy atom. The molecule has 6 rings (SSSR count). The number of halogens is 3. The van der Waals surface area contributed by atoms with Crippen LogP contribution in [0.1, 0.15) is 29.9 Å². The number of methoxy groups -OCH3 is 1. The fourth-order valence-electron chi connectivity index (χ4n) is 6.73. The van der Waals surface area contributed by atoms with Gasteiger partial charge >= 0.3 is 0 Å². The van der Waals surface area contributed by atoms with Crippen LogP contribution >= 0.6 is 47.8 Å². The maximum Gasteiger partial charge on any atom is 0.233 e. The second kappa shape index (κ2) is 10.9. The molecule has 1 heterocycles. The Morgan fingerprint density at radius 1 is 0.976 bits per heavy atom. The predicted octanol–water partition coefficient (Wildman–Crippen LogP) is 5.64. The van der Waals surface area contributed by atoms with Crippen molar-refractivity contribution in [2.45, 2.75) is 25.2 Å². The average Bonchev–Trinajstić information content (AvgIpc) is 3.22. The third-order valence-corrected chi connectivity index (χ3v) is 11.4. The van der Waals surface area contributed by atoms with Gasteiger partial charge in [0, 0.05) is 34.2 Å². The largest absolute Gasteiger partial charge is 0.508 e. The van der Waals surface area contributed by atoms with Crippen molar-refractivity contribution >= 4 is 71.2 Å². The minimum absolute atomic E-state index is 0.123. The number of allylic oxidation sites excluding steroid dienone is 6. The third kappa shape index (κ3) is 4.51. The van der Waals surface area contributed by atoms with Crippen LogP contribution in [0.15, 0.2) is 72.6 Å². The van der Waals surface area contributed by atoms with Gasteiger partial charge in [0.15, 0.2) is 23.1 Å². The summed E-state index contributed by atoms with van der Waals surface area (Å²) in [7, 11) is 1.42. The summed E-state index contributed by atoms with van der Waals surface area (Å²) >= 11 is 10.2. The van der Waals surface area contributed by atoms with Crippen molar-refractivity contribution in [1.29, 1.82) is 0 Å². The summed E-state index contributed by atoms with van der Waals surface area (Å²) in [5.41, 5.74) is 2.91. The van der Waals surface area contributed by atoms with E-state index >= 15 is 0 Å². The van der Waals surface area contributed by atoms with Crippen LogP contribution in [0, 0.1) is 17.8 Å². The van der Waals surface area contributed by atoms with Gasteiger partial charge in [-0.1, -0.05) is 23.8 Å². The molecule has 0 spiro atoms. The highest BCUT2D eigenvalue weighted by Gasteiger charge is 2.56. The highest BCUT2D eigenvalue weighted by molar-refractivity contribution is 9.13. The van der Waals surface area contributed by atoms with Gasteiger partial charge in [-0.15, -0.1) is 0 Å². The average molecular weight is 762 g/mol. The molecule has 2 N–H and O–H groups in total. The zero-order valence-corrected chi connectivity index (χ0v) is 27.0. The van der Waals surface area contributed by atoms with Crippen LogP contribution in [-0.2, 0) is 25.6 Å². The van der Waals surface area contributed by atoms with Crippen LogP contribution in [-0.4, -0.2) is 52.1 Å². The first kappa shape index (κ1) is 29.1. The predicted molar refractivity (Wildman–Crippen MR) is 163 cm³/mol. The first-order chi connectivity index (χ1) is 20.0. The highest BCUT2D eigenvalue weighted by Crippen LogP contribution is 2.57. The Hall–Kier alpha value is -3.02. The molecule has 42 heavy (non-hydrogen) atoms. The summed E-state index contributed by atoms with van der Waals surface area (Å²) in [5, 5.41) is 20.2. The smallest absolute Gasteiger partial charge is 0.233 e. The van der Waals surface area contributed by atoms with Crippen LogP contribution in [0.3, 0.4) is 0 Å². The number of likely N-dealkylation sites (tertiary alicyclic amines) is 1. The van der Waals surface area contributed by atoms with E-state index in [4.69, 9.17) is 4.74 Å². The molecule has 1 aliphatic heterocycles. The number of imide groups is 1. The van der Waals surface area contributed by atoms with Crippen molar-refractivity contribution in [2.75, 3.05) is 13.7 Å². The number of amides is 2. The van der Waals surface area contributed by atoms with Gasteiger partial charge in [0.05, 0.1) is 27.9 Å². The number of hydrogen-bond acceptors (Lipinski definition) is 7. The van der Waals surface area contributed by atoms with Gasteiger partial charge in [-0.25, -0.2) is 0 Å². The van der Waals surface area contributed by atoms with Crippen LogP contribution < -0.4 is 4.74 Å². The van der Waals surface area contributed by atoms with E-state index in [-0.39, 0.29) is 58.1 Å². The topological polar surface area (TPSA) is 121 Å². The summed E-state index contributed by atoms with van der Waals surface area (Å²) in [6.45, 7) is 0.203. The second-order valence-corrected chi connectivity index (χ2v) is 13.2. The van der Waals surface area contributed by atoms with Gasteiger partial charge in [0.25, 0.3) is 0 Å². The minimum atomic E-state index is -0.706. The number of ketones is 2. The number of Topliss-reactive ketones (excluding diaryl/α,β-unsaturated/α-hetero) is 1. The summed E-state index contributed by atoms with van der Waals surface area (Å²) in [6, 6.07) is 8.27. The molecule has 1 fully saturated rings. The number of fused-ring (bicyclic) bond motifs is 3. The molecule has 2 amide bonds. The van der Waals surface area contributed by atoms with E-state index in [1.165, 1.54) is 18.1 Å². The van der Waals surface area contributed by atoms with Gasteiger partial charge < -0.3 is 14.9 Å². The molecular formula is C31H24Br3NO7. The summed E-state index contributed by atoms with van der Waals surface area (Å²) in [6.07, 6.45) is 4.14. The highest BCUT2D eigenvalue weighted by atomic mass is 79.9. The van der Waals surface area contributed by atoms with Crippen LogP contribution in [0.25, 0.3) is 0 Å². The van der Waals surface area contributed by atoms with Gasteiger partial charge in [-0.3, -0.25) is 24.1 Å². The van der Waals surface area contributed by atoms with Crippen molar-refractivity contribution in [3.05, 3.63) is 83.8 Å². The Labute approximate surface area is 266 Å². The first-order valence-electron chi connectivity index (χ1n) is 13.3. The van der Waals surface area contributed by atoms with Crippen LogP contribution in [0.2, 0.25) is 0 Å². The number of benzene rings is 2. The Balaban J connectivity index is 1.43. The lowest BCUT2D eigenvalue weighted by atomic mass is 9.59. The maximum atomic E-state index is 13.9. The van der Waals surface area contributed by atoms with Crippen molar-refractivity contribution in [2.24, 2.45) is 17.8 Å². The molecule has 0 unspecified atom stereocenters. The number of phenols is 2. The quantitative estimate of drug-likeness (QED) is 0.230. The van der Waals surface area contributed by atoms with E-state index in [0.29, 0.717) is 38.5 Å².